The number of carbonyl (C=O) groups is 1. The zero-order valence-corrected chi connectivity index (χ0v) is 16.5. The van der Waals surface area contributed by atoms with Gasteiger partial charge < -0.3 is 14.5 Å². The molecule has 0 saturated heterocycles. The molecule has 7 nitrogen and oxygen atoms in total. The highest BCUT2D eigenvalue weighted by molar-refractivity contribution is 7.92. The maximum absolute atomic E-state index is 14.3. The molecule has 1 aromatic heterocycles. The lowest BCUT2D eigenvalue weighted by Crippen LogP contribution is -2.27. The van der Waals surface area contributed by atoms with E-state index in [1.54, 1.807) is 37.3 Å². The number of ether oxygens (including phenoxy) is 1. The van der Waals surface area contributed by atoms with Gasteiger partial charge in [0.05, 0.1) is 25.1 Å². The summed E-state index contributed by atoms with van der Waals surface area (Å²) in [7, 11) is -2.92. The van der Waals surface area contributed by atoms with Crippen LogP contribution in [0.1, 0.15) is 29.1 Å². The molecule has 1 heterocycles. The lowest BCUT2D eigenvalue weighted by Gasteiger charge is -2.14. The summed E-state index contributed by atoms with van der Waals surface area (Å²) in [5.41, 5.74) is 0.140. The van der Waals surface area contributed by atoms with Gasteiger partial charge in [0.25, 0.3) is 15.9 Å². The van der Waals surface area contributed by atoms with E-state index >= 15 is 0 Å². The third kappa shape index (κ3) is 4.57. The fraction of sp³-hybridized carbons (Fsp3) is 0.150. The minimum Gasteiger partial charge on any atom is -0.495 e. The molecular weight excluding hydrogens is 399 g/mol. The van der Waals surface area contributed by atoms with E-state index in [1.165, 1.54) is 25.5 Å². The molecule has 9 heteroatoms. The molecule has 0 bridgehead atoms. The molecule has 29 heavy (non-hydrogen) atoms. The monoisotopic (exact) mass is 418 g/mol. The standard InChI is InChI=1S/C20H19FN2O5S/c1-13(17-8-5-11-28-17)22-20(24)14-9-10-15(21)19(12-14)29(25,26)23-16-6-3-4-7-18(16)27-2/h3-13,23H,1-2H3,(H,22,24)/t13-/m0/s1. The number of hydrogen-bond donors (Lipinski definition) is 2. The summed E-state index contributed by atoms with van der Waals surface area (Å²) in [6, 6.07) is 12.4. The molecule has 0 aliphatic carbocycles. The number of para-hydroxylation sites is 2. The highest BCUT2D eigenvalue weighted by Crippen LogP contribution is 2.27. The fourth-order valence-corrected chi connectivity index (χ4v) is 3.84. The SMILES string of the molecule is COc1ccccc1NS(=O)(=O)c1cc(C(=O)N[C@@H](C)c2ccco2)ccc1F. The van der Waals surface area contributed by atoms with Crippen molar-refractivity contribution in [2.75, 3.05) is 11.8 Å². The number of halogens is 1. The number of carbonyl (C=O) groups excluding carboxylic acids is 1. The number of amides is 1. The third-order valence-corrected chi connectivity index (χ3v) is 5.53. The normalized spacial score (nSPS) is 12.2. The second-order valence-corrected chi connectivity index (χ2v) is 7.81. The van der Waals surface area contributed by atoms with E-state index in [2.05, 4.69) is 10.0 Å². The zero-order chi connectivity index (χ0) is 21.0. The summed E-state index contributed by atoms with van der Waals surface area (Å²) in [5, 5.41) is 2.67. The van der Waals surface area contributed by atoms with Gasteiger partial charge in [0, 0.05) is 5.56 Å². The minimum absolute atomic E-state index is 0.00907. The predicted octanol–water partition coefficient (Wildman–Crippen LogP) is 3.72. The van der Waals surface area contributed by atoms with Crippen molar-refractivity contribution < 1.29 is 26.8 Å². The molecule has 0 aliphatic rings. The number of furan rings is 1. The van der Waals surface area contributed by atoms with E-state index in [4.69, 9.17) is 9.15 Å². The van der Waals surface area contributed by atoms with Crippen LogP contribution in [-0.4, -0.2) is 21.4 Å². The highest BCUT2D eigenvalue weighted by Gasteiger charge is 2.23. The first-order valence-corrected chi connectivity index (χ1v) is 10.1. The Hall–Kier alpha value is -3.33. The molecule has 0 radical (unpaired) electrons. The van der Waals surface area contributed by atoms with E-state index in [9.17, 15) is 17.6 Å². The van der Waals surface area contributed by atoms with E-state index in [0.717, 1.165) is 12.1 Å². The molecule has 3 rings (SSSR count). The Balaban J connectivity index is 1.87. The molecule has 0 fully saturated rings. The Kier molecular flexibility index (Phi) is 5.88. The van der Waals surface area contributed by atoms with Gasteiger partial charge in [-0.05, 0) is 49.4 Å². The van der Waals surface area contributed by atoms with Crippen LogP contribution in [0.3, 0.4) is 0 Å². The number of nitrogens with one attached hydrogen (secondary N) is 2. The summed E-state index contributed by atoms with van der Waals surface area (Å²) < 4.78 is 52.4. The number of sulfonamides is 1. The van der Waals surface area contributed by atoms with Gasteiger partial charge in [0.15, 0.2) is 0 Å². The highest BCUT2D eigenvalue weighted by atomic mass is 32.2. The summed E-state index contributed by atoms with van der Waals surface area (Å²) >= 11 is 0. The van der Waals surface area contributed by atoms with Crippen molar-refractivity contribution in [1.29, 1.82) is 0 Å². The van der Waals surface area contributed by atoms with Crippen LogP contribution in [0, 0.1) is 5.82 Å². The number of methoxy groups -OCH3 is 1. The van der Waals surface area contributed by atoms with Crippen LogP contribution in [0.15, 0.2) is 70.2 Å². The number of hydrogen-bond acceptors (Lipinski definition) is 5. The molecule has 1 amide bonds. The number of anilines is 1. The first-order valence-electron chi connectivity index (χ1n) is 8.61. The fourth-order valence-electron chi connectivity index (χ4n) is 2.67. The summed E-state index contributed by atoms with van der Waals surface area (Å²) in [6.45, 7) is 1.71. The van der Waals surface area contributed by atoms with Gasteiger partial charge in [-0.3, -0.25) is 9.52 Å². The Morgan fingerprint density at radius 3 is 2.59 bits per heavy atom. The van der Waals surface area contributed by atoms with Crippen LogP contribution in [0.4, 0.5) is 10.1 Å². The molecule has 1 atom stereocenters. The van der Waals surface area contributed by atoms with Crippen molar-refractivity contribution in [3.8, 4) is 5.75 Å². The van der Waals surface area contributed by atoms with Crippen LogP contribution in [0.2, 0.25) is 0 Å². The van der Waals surface area contributed by atoms with Crippen LogP contribution < -0.4 is 14.8 Å². The molecule has 0 aliphatic heterocycles. The van der Waals surface area contributed by atoms with E-state index < -0.39 is 32.7 Å². The molecule has 2 aromatic carbocycles. The average Bonchev–Trinajstić information content (AvgIpc) is 3.23. The molecular formula is C20H19FN2O5S. The summed E-state index contributed by atoms with van der Waals surface area (Å²) in [6.07, 6.45) is 1.48. The van der Waals surface area contributed by atoms with Gasteiger partial charge in [-0.2, -0.15) is 0 Å². The van der Waals surface area contributed by atoms with Gasteiger partial charge >= 0.3 is 0 Å². The first kappa shape index (κ1) is 20.4. The quantitative estimate of drug-likeness (QED) is 0.609. The van der Waals surface area contributed by atoms with Crippen molar-refractivity contribution in [2.24, 2.45) is 0 Å². The Morgan fingerprint density at radius 1 is 1.14 bits per heavy atom. The van der Waals surface area contributed by atoms with Crippen LogP contribution in [-0.2, 0) is 10.0 Å². The van der Waals surface area contributed by atoms with Crippen molar-refractivity contribution in [3.63, 3.8) is 0 Å². The van der Waals surface area contributed by atoms with Gasteiger partial charge in [0.1, 0.15) is 22.2 Å². The topological polar surface area (TPSA) is 97.6 Å². The maximum Gasteiger partial charge on any atom is 0.264 e. The molecule has 0 unspecified atom stereocenters. The second kappa shape index (κ2) is 8.36. The van der Waals surface area contributed by atoms with Gasteiger partial charge in [-0.25, -0.2) is 12.8 Å². The Morgan fingerprint density at radius 2 is 1.90 bits per heavy atom. The van der Waals surface area contributed by atoms with E-state index in [1.807, 2.05) is 0 Å². The largest absolute Gasteiger partial charge is 0.495 e. The predicted molar refractivity (Wildman–Crippen MR) is 105 cm³/mol. The second-order valence-electron chi connectivity index (χ2n) is 6.16. The maximum atomic E-state index is 14.3. The van der Waals surface area contributed by atoms with E-state index in [-0.39, 0.29) is 17.0 Å². The van der Waals surface area contributed by atoms with Gasteiger partial charge in [0.2, 0.25) is 0 Å². The lowest BCUT2D eigenvalue weighted by atomic mass is 10.2. The van der Waals surface area contributed by atoms with E-state index in [0.29, 0.717) is 5.76 Å². The number of rotatable bonds is 7. The van der Waals surface area contributed by atoms with Gasteiger partial charge in [-0.15, -0.1) is 0 Å². The van der Waals surface area contributed by atoms with Crippen molar-refractivity contribution in [2.45, 2.75) is 17.9 Å². The first-order chi connectivity index (χ1) is 13.8. The average molecular weight is 418 g/mol. The third-order valence-electron chi connectivity index (χ3n) is 4.15. The zero-order valence-electron chi connectivity index (χ0n) is 15.7. The minimum atomic E-state index is -4.31. The molecule has 0 spiro atoms. The van der Waals surface area contributed by atoms with Gasteiger partial charge in [-0.1, -0.05) is 12.1 Å². The Labute approximate surface area is 167 Å². The van der Waals surface area contributed by atoms with Crippen molar-refractivity contribution in [3.05, 3.63) is 78.0 Å². The summed E-state index contributed by atoms with van der Waals surface area (Å²) in [5.74, 6) is -0.741. The van der Waals surface area contributed by atoms with Crippen LogP contribution in [0.5, 0.6) is 5.75 Å². The molecule has 3 aromatic rings. The molecule has 2 N–H and O–H groups in total. The van der Waals surface area contributed by atoms with Crippen molar-refractivity contribution >= 4 is 21.6 Å². The molecule has 0 saturated carbocycles. The Bertz CT molecular complexity index is 1110. The van der Waals surface area contributed by atoms with Crippen LogP contribution in [0.25, 0.3) is 0 Å². The lowest BCUT2D eigenvalue weighted by molar-refractivity contribution is 0.0935. The smallest absolute Gasteiger partial charge is 0.264 e. The number of benzene rings is 2. The molecule has 152 valence electrons. The van der Waals surface area contributed by atoms with Crippen molar-refractivity contribution in [1.82, 2.24) is 5.32 Å². The summed E-state index contributed by atoms with van der Waals surface area (Å²) in [4.78, 5) is 11.8. The van der Waals surface area contributed by atoms with Crippen LogP contribution >= 0.6 is 0 Å².